The van der Waals surface area contributed by atoms with Gasteiger partial charge in [-0.15, -0.1) is 13.2 Å². The Morgan fingerprint density at radius 1 is 1.19 bits per heavy atom. The van der Waals surface area contributed by atoms with E-state index in [0.717, 1.165) is 32.0 Å². The molecule has 0 aliphatic carbocycles. The molecule has 1 aliphatic heterocycles. The number of alkyl halides is 3. The summed E-state index contributed by atoms with van der Waals surface area (Å²) in [4.78, 5) is 17.5. The predicted molar refractivity (Wildman–Crippen MR) is 93.2 cm³/mol. The lowest BCUT2D eigenvalue weighted by Gasteiger charge is -2.29. The number of amides is 1. The van der Waals surface area contributed by atoms with Gasteiger partial charge in [0, 0.05) is 29.8 Å². The van der Waals surface area contributed by atoms with Crippen LogP contribution < -0.4 is 15.0 Å². The molecule has 3 rings (SSSR count). The van der Waals surface area contributed by atoms with Crippen molar-refractivity contribution in [3.63, 3.8) is 0 Å². The first-order valence-electron chi connectivity index (χ1n) is 8.74. The van der Waals surface area contributed by atoms with Gasteiger partial charge in [0.15, 0.2) is 11.9 Å². The Bertz CT molecular complexity index is 760. The number of carbonyl (C=O) groups excluding carboxylic acids is 1. The molecule has 8 heteroatoms. The minimum Gasteiger partial charge on any atom is -0.406 e. The average molecular weight is 380 g/mol. The number of rotatable bonds is 5. The van der Waals surface area contributed by atoms with Crippen LogP contribution in [-0.2, 0) is 4.79 Å². The van der Waals surface area contributed by atoms with E-state index in [2.05, 4.69) is 21.1 Å². The molecule has 2 heterocycles. The highest BCUT2D eigenvalue weighted by Gasteiger charge is 2.31. The third-order valence-corrected chi connectivity index (χ3v) is 4.48. The molecule has 0 unspecified atom stereocenters. The van der Waals surface area contributed by atoms with Crippen LogP contribution >= 0.6 is 0 Å². The monoisotopic (exact) mass is 380 g/mol. The number of nitrogens with one attached hydrogen (secondary N) is 2. The number of H-pyrrole nitrogens is 1. The molecule has 144 valence electrons. The number of aromatic nitrogens is 1. The fraction of sp³-hybridized carbons (Fsp3) is 0.368. The number of ether oxygens (including phenoxy) is 1. The van der Waals surface area contributed by atoms with Crippen LogP contribution in [0.3, 0.4) is 0 Å². The molecule has 5 nitrogen and oxygen atoms in total. The maximum absolute atomic E-state index is 12.3. The summed E-state index contributed by atoms with van der Waals surface area (Å²) in [6, 6.07) is 11.3. The van der Waals surface area contributed by atoms with Crippen LogP contribution in [0.1, 0.15) is 24.5 Å². The summed E-state index contributed by atoms with van der Waals surface area (Å²) in [6.07, 6.45) is -0.958. The highest BCUT2D eigenvalue weighted by atomic mass is 19.4. The summed E-state index contributed by atoms with van der Waals surface area (Å²) in [5.74, 6) is -0.175. The number of carbonyl (C=O) groups is 1. The zero-order valence-corrected chi connectivity index (χ0v) is 14.6. The quantitative estimate of drug-likeness (QED) is 0.867. The molecule has 0 saturated carbocycles. The molecule has 0 atom stereocenters. The van der Waals surface area contributed by atoms with E-state index in [0.29, 0.717) is 5.92 Å². The van der Waals surface area contributed by atoms with E-state index in [9.17, 15) is 18.0 Å². The van der Waals surface area contributed by atoms with Crippen molar-refractivity contribution in [1.29, 1.82) is 0 Å². The van der Waals surface area contributed by atoms with Gasteiger partial charge in [-0.25, -0.2) is 4.98 Å². The number of hydrogen-bond acceptors (Lipinski definition) is 3. The van der Waals surface area contributed by atoms with Crippen molar-refractivity contribution in [1.82, 2.24) is 4.90 Å². The summed E-state index contributed by atoms with van der Waals surface area (Å²) >= 11 is 0. The number of nitrogens with zero attached hydrogens (tertiary/aromatic N) is 1. The molecule has 1 aliphatic rings. The lowest BCUT2D eigenvalue weighted by Crippen LogP contribution is -2.39. The largest absolute Gasteiger partial charge is 0.573 e. The lowest BCUT2D eigenvalue weighted by molar-refractivity contribution is -0.393. The molecule has 2 N–H and O–H groups in total. The van der Waals surface area contributed by atoms with Crippen LogP contribution in [0.4, 0.5) is 18.9 Å². The van der Waals surface area contributed by atoms with Crippen molar-refractivity contribution in [3.05, 3.63) is 54.4 Å². The van der Waals surface area contributed by atoms with E-state index in [1.807, 2.05) is 23.2 Å². The van der Waals surface area contributed by atoms with Crippen LogP contribution in [0.25, 0.3) is 0 Å². The van der Waals surface area contributed by atoms with Gasteiger partial charge in [-0.2, -0.15) is 0 Å². The lowest BCUT2D eigenvalue weighted by atomic mass is 9.93. The number of benzene rings is 1. The molecule has 1 saturated heterocycles. The standard InChI is InChI=1S/C19H20F3N3O2/c20-19(21,22)27-16-5-3-4-15(12-16)24-18(26)13-25-10-7-14(8-11-25)17-6-1-2-9-23-17/h1-6,9,12,14H,7-8,10-11,13H2,(H,24,26)/p+1. The highest BCUT2D eigenvalue weighted by molar-refractivity contribution is 5.92. The summed E-state index contributed by atoms with van der Waals surface area (Å²) in [5.41, 5.74) is 1.47. The molecule has 1 fully saturated rings. The van der Waals surface area contributed by atoms with E-state index in [4.69, 9.17) is 0 Å². The third kappa shape index (κ3) is 5.96. The van der Waals surface area contributed by atoms with Gasteiger partial charge in [0.2, 0.25) is 5.91 Å². The predicted octanol–water partition coefficient (Wildman–Crippen LogP) is 3.22. The van der Waals surface area contributed by atoms with Crippen molar-refractivity contribution in [3.8, 4) is 5.75 Å². The molecule has 0 spiro atoms. The van der Waals surface area contributed by atoms with E-state index < -0.39 is 6.36 Å². The second-order valence-corrected chi connectivity index (χ2v) is 6.49. The van der Waals surface area contributed by atoms with Crippen LogP contribution in [0.2, 0.25) is 0 Å². The van der Waals surface area contributed by atoms with Crippen molar-refractivity contribution >= 4 is 11.6 Å². The highest BCUT2D eigenvalue weighted by Crippen LogP contribution is 2.26. The second kappa shape index (κ2) is 8.39. The Morgan fingerprint density at radius 3 is 2.63 bits per heavy atom. The van der Waals surface area contributed by atoms with Gasteiger partial charge in [0.1, 0.15) is 5.75 Å². The number of hydrogen-bond donors (Lipinski definition) is 1. The number of pyridine rings is 1. The molecular weight excluding hydrogens is 359 g/mol. The topological polar surface area (TPSA) is 55.7 Å². The smallest absolute Gasteiger partial charge is 0.406 e. The number of likely N-dealkylation sites (tertiary alicyclic amines) is 1. The Hall–Kier alpha value is -2.61. The van der Waals surface area contributed by atoms with E-state index in [1.165, 1.54) is 23.9 Å². The normalized spacial score (nSPS) is 16.1. The van der Waals surface area contributed by atoms with Gasteiger partial charge >= 0.3 is 6.36 Å². The van der Waals surface area contributed by atoms with Gasteiger partial charge in [-0.3, -0.25) is 9.69 Å². The van der Waals surface area contributed by atoms with Gasteiger partial charge in [0.05, 0.1) is 6.54 Å². The summed E-state index contributed by atoms with van der Waals surface area (Å²) in [5, 5.41) is 2.62. The van der Waals surface area contributed by atoms with Crippen molar-refractivity contribution in [2.75, 3.05) is 25.0 Å². The van der Waals surface area contributed by atoms with Gasteiger partial charge in [-0.05, 0) is 38.1 Å². The fourth-order valence-electron chi connectivity index (χ4n) is 3.24. The molecule has 0 bridgehead atoms. The molecular formula is C19H21F3N3O2+. The molecule has 27 heavy (non-hydrogen) atoms. The van der Waals surface area contributed by atoms with E-state index in [1.54, 1.807) is 0 Å². The summed E-state index contributed by atoms with van der Waals surface area (Å²) < 4.78 is 40.7. The van der Waals surface area contributed by atoms with Crippen LogP contribution in [0, 0.1) is 0 Å². The number of halogens is 3. The number of aromatic amines is 1. The third-order valence-electron chi connectivity index (χ3n) is 4.48. The Kier molecular flexibility index (Phi) is 5.95. The Balaban J connectivity index is 1.48. The van der Waals surface area contributed by atoms with E-state index >= 15 is 0 Å². The Labute approximate surface area is 155 Å². The van der Waals surface area contributed by atoms with Gasteiger partial charge in [-0.1, -0.05) is 12.1 Å². The average Bonchev–Trinajstić information content (AvgIpc) is 2.62. The fourth-order valence-corrected chi connectivity index (χ4v) is 3.24. The maximum atomic E-state index is 12.3. The van der Waals surface area contributed by atoms with Crippen molar-refractivity contribution in [2.24, 2.45) is 0 Å². The number of piperidine rings is 1. The zero-order chi connectivity index (χ0) is 19.3. The van der Waals surface area contributed by atoms with E-state index in [-0.39, 0.29) is 23.9 Å². The van der Waals surface area contributed by atoms with Gasteiger partial charge < -0.3 is 10.1 Å². The van der Waals surface area contributed by atoms with Crippen LogP contribution in [0.5, 0.6) is 5.75 Å². The SMILES string of the molecule is O=C(CN1CCC(c2cccc[nH+]2)CC1)Nc1cccc(OC(F)(F)F)c1. The second-order valence-electron chi connectivity index (χ2n) is 6.49. The van der Waals surface area contributed by atoms with Crippen molar-refractivity contribution in [2.45, 2.75) is 25.1 Å². The summed E-state index contributed by atoms with van der Waals surface area (Å²) in [6.45, 7) is 1.78. The van der Waals surface area contributed by atoms with Crippen LogP contribution in [-0.4, -0.2) is 36.8 Å². The van der Waals surface area contributed by atoms with Crippen molar-refractivity contribution < 1.29 is 27.7 Å². The Morgan fingerprint density at radius 2 is 1.96 bits per heavy atom. The summed E-state index contributed by atoms with van der Waals surface area (Å²) in [7, 11) is 0. The first kappa shape index (κ1) is 19.2. The molecule has 2 aromatic rings. The molecule has 1 aromatic heterocycles. The van der Waals surface area contributed by atoms with Crippen LogP contribution in [0.15, 0.2) is 48.7 Å². The van der Waals surface area contributed by atoms with Gasteiger partial charge in [0.25, 0.3) is 0 Å². The number of anilines is 1. The maximum Gasteiger partial charge on any atom is 0.573 e. The first-order chi connectivity index (χ1) is 12.9. The molecule has 1 amide bonds. The molecule has 0 radical (unpaired) electrons. The zero-order valence-electron chi connectivity index (χ0n) is 14.6. The minimum atomic E-state index is -4.76. The molecule has 1 aromatic carbocycles. The minimum absolute atomic E-state index is 0.204. The first-order valence-corrected chi connectivity index (χ1v) is 8.74.